The van der Waals surface area contributed by atoms with E-state index in [4.69, 9.17) is 14.9 Å². The zero-order chi connectivity index (χ0) is 27.0. The lowest BCUT2D eigenvalue weighted by Gasteiger charge is -2.24. The highest BCUT2D eigenvalue weighted by Gasteiger charge is 2.19. The van der Waals surface area contributed by atoms with Gasteiger partial charge in [-0.1, -0.05) is 26.7 Å². The highest BCUT2D eigenvalue weighted by atomic mass is 32.2. The van der Waals surface area contributed by atoms with Crippen LogP contribution in [0, 0.1) is 19.8 Å². The second kappa shape index (κ2) is 16.5. The lowest BCUT2D eigenvalue weighted by atomic mass is 10.2. The topological polar surface area (TPSA) is 110 Å². The Hall–Kier alpha value is -3.12. The van der Waals surface area contributed by atoms with E-state index < -0.39 is 11.7 Å². The number of hydrogen-bond acceptors (Lipinski definition) is 6. The normalized spacial score (nSPS) is 10.9. The third-order valence-electron chi connectivity index (χ3n) is 4.10. The Bertz CT molecular complexity index is 975. The lowest BCUT2D eigenvalue weighted by molar-refractivity contribution is -0.119. The minimum atomic E-state index is -0.534. The molecule has 2 rings (SSSR count). The van der Waals surface area contributed by atoms with Crippen LogP contribution in [0.2, 0.25) is 0 Å². The van der Waals surface area contributed by atoms with E-state index in [2.05, 4.69) is 37.0 Å². The van der Waals surface area contributed by atoms with Gasteiger partial charge in [-0.25, -0.2) is 9.79 Å². The number of terminal acetylenes is 1. The highest BCUT2D eigenvalue weighted by molar-refractivity contribution is 7.99. The van der Waals surface area contributed by atoms with Gasteiger partial charge in [0, 0.05) is 24.6 Å². The van der Waals surface area contributed by atoms with Crippen LogP contribution in [0.1, 0.15) is 59.6 Å². The minimum Gasteiger partial charge on any atom is -0.461 e. The van der Waals surface area contributed by atoms with E-state index in [0.717, 1.165) is 16.7 Å². The fraction of sp³-hybridized carbons (Fsp3) is 0.500. The molecule has 9 heteroatoms. The smallest absolute Gasteiger partial charge is 0.410 e. The van der Waals surface area contributed by atoms with E-state index in [1.807, 2.05) is 45.9 Å². The molecule has 8 nitrogen and oxygen atoms in total. The number of amides is 2. The Morgan fingerprint density at radius 1 is 1.20 bits per heavy atom. The monoisotopic (exact) mass is 504 g/mol. The number of benzene rings is 1. The van der Waals surface area contributed by atoms with Gasteiger partial charge in [0.15, 0.2) is 0 Å². The quantitative estimate of drug-likeness (QED) is 0.162. The summed E-state index contributed by atoms with van der Waals surface area (Å²) in [6.45, 7) is 11.7. The fourth-order valence-corrected chi connectivity index (χ4v) is 3.20. The molecule has 194 valence electrons. The van der Waals surface area contributed by atoms with Gasteiger partial charge < -0.3 is 19.8 Å². The molecule has 1 aromatic carbocycles. The van der Waals surface area contributed by atoms with Gasteiger partial charge >= 0.3 is 6.09 Å². The van der Waals surface area contributed by atoms with Crippen LogP contribution in [0.5, 0.6) is 0 Å². The Kier molecular flexibility index (Phi) is 15.0. The Morgan fingerprint density at radius 3 is 2.40 bits per heavy atom. The summed E-state index contributed by atoms with van der Waals surface area (Å²) in [5.41, 5.74) is 6.70. The van der Waals surface area contributed by atoms with Crippen LogP contribution in [-0.2, 0) is 9.53 Å². The van der Waals surface area contributed by atoms with Crippen molar-refractivity contribution in [2.24, 2.45) is 10.7 Å². The molecule has 35 heavy (non-hydrogen) atoms. The minimum absolute atomic E-state index is 0.0328. The maximum absolute atomic E-state index is 12.0. The third kappa shape index (κ3) is 14.0. The molecule has 0 aliphatic carbocycles. The molecule has 0 saturated heterocycles. The van der Waals surface area contributed by atoms with Gasteiger partial charge in [-0.05, 0) is 52.0 Å². The van der Waals surface area contributed by atoms with Crippen molar-refractivity contribution in [3.63, 3.8) is 0 Å². The number of nitrogens with zero attached hydrogens (tertiary/aromatic N) is 2. The zero-order valence-corrected chi connectivity index (χ0v) is 22.8. The van der Waals surface area contributed by atoms with Crippen molar-refractivity contribution in [1.29, 1.82) is 0 Å². The molecular formula is C26H40N4O4S. The first-order chi connectivity index (χ1) is 16.4. The van der Waals surface area contributed by atoms with Crippen LogP contribution in [0.3, 0.4) is 0 Å². The number of furan rings is 1. The summed E-state index contributed by atoms with van der Waals surface area (Å²) in [7, 11) is 1.66. The molecule has 0 aliphatic heterocycles. The van der Waals surface area contributed by atoms with Gasteiger partial charge in [0.05, 0.1) is 11.6 Å². The van der Waals surface area contributed by atoms with Gasteiger partial charge in [-0.3, -0.25) is 10.1 Å². The van der Waals surface area contributed by atoms with Crippen LogP contribution < -0.4 is 11.1 Å². The van der Waals surface area contributed by atoms with Gasteiger partial charge in [0.2, 0.25) is 11.9 Å². The largest absolute Gasteiger partial charge is 0.461 e. The maximum Gasteiger partial charge on any atom is 0.410 e. The van der Waals surface area contributed by atoms with Crippen molar-refractivity contribution < 1.29 is 18.7 Å². The summed E-state index contributed by atoms with van der Waals surface area (Å²) in [5.74, 6) is 1.57. The molecule has 0 unspecified atom stereocenters. The zero-order valence-electron chi connectivity index (χ0n) is 22.0. The van der Waals surface area contributed by atoms with E-state index in [1.54, 1.807) is 13.1 Å². The molecule has 3 N–H and O–H groups in total. The molecule has 1 aromatic heterocycles. The average Bonchev–Trinajstić information content (AvgIpc) is 3.16. The number of fused-ring (bicyclic) bond motifs is 1. The maximum atomic E-state index is 12.0. The molecule has 0 fully saturated rings. The number of carbonyl (C=O) groups excluding carboxylic acids is 2. The first kappa shape index (κ1) is 31.9. The van der Waals surface area contributed by atoms with E-state index in [0.29, 0.717) is 17.3 Å². The number of rotatable bonds is 7. The number of thioether (sulfide) groups is 1. The molecule has 0 atom stereocenters. The van der Waals surface area contributed by atoms with Crippen molar-refractivity contribution in [2.45, 2.75) is 66.4 Å². The Labute approximate surface area is 214 Å². The molecule has 0 radical (unpaired) electrons. The summed E-state index contributed by atoms with van der Waals surface area (Å²) >= 11 is 1.45. The number of nitrogens with two attached hydrogens (primary N) is 1. The van der Waals surface area contributed by atoms with Gasteiger partial charge in [-0.15, -0.1) is 24.6 Å². The second-order valence-electron chi connectivity index (χ2n) is 8.59. The molecule has 1 heterocycles. The number of guanidine groups is 1. The number of unbranched alkanes of at least 4 members (excludes halogenated alkanes) is 1. The first-order valence-corrected chi connectivity index (χ1v) is 12.6. The molecule has 0 aliphatic rings. The molecule has 2 aromatic rings. The Balaban J connectivity index is 0.00000174. The van der Waals surface area contributed by atoms with Gasteiger partial charge in [0.1, 0.15) is 16.9 Å². The van der Waals surface area contributed by atoms with Gasteiger partial charge in [0.25, 0.3) is 0 Å². The highest BCUT2D eigenvalue weighted by Crippen LogP contribution is 2.24. The predicted octanol–water partition coefficient (Wildman–Crippen LogP) is 5.81. The van der Waals surface area contributed by atoms with Crippen LogP contribution in [-0.4, -0.2) is 47.1 Å². The van der Waals surface area contributed by atoms with Crippen molar-refractivity contribution in [3.05, 3.63) is 30.0 Å². The van der Waals surface area contributed by atoms with Gasteiger partial charge in [-0.2, -0.15) is 0 Å². The number of nitrogens with one attached hydrogen (secondary N) is 1. The first-order valence-electron chi connectivity index (χ1n) is 11.4. The summed E-state index contributed by atoms with van der Waals surface area (Å²) < 4.78 is 10.8. The third-order valence-corrected chi connectivity index (χ3v) is 5.17. The SMILES string of the molecule is C#C.CCCC.Cc1cc2cc(N=C(N)NC(=O)CCSCN(C)C(=O)OC(C)(C)C)ccc2o1. The fourth-order valence-electron chi connectivity index (χ4n) is 2.36. The summed E-state index contributed by atoms with van der Waals surface area (Å²) in [4.78, 5) is 29.6. The summed E-state index contributed by atoms with van der Waals surface area (Å²) in [6.07, 6.45) is 10.5. The molecule has 2 amide bonds. The predicted molar refractivity (Wildman–Crippen MR) is 147 cm³/mol. The number of hydrogen-bond donors (Lipinski definition) is 2. The van der Waals surface area contributed by atoms with Crippen molar-refractivity contribution >= 4 is 46.4 Å². The molecule has 0 saturated carbocycles. The average molecular weight is 505 g/mol. The van der Waals surface area contributed by atoms with Crippen LogP contribution >= 0.6 is 11.8 Å². The van der Waals surface area contributed by atoms with Crippen LogP contribution in [0.4, 0.5) is 10.5 Å². The summed E-state index contributed by atoms with van der Waals surface area (Å²) in [5, 5.41) is 3.49. The van der Waals surface area contributed by atoms with E-state index in [-0.39, 0.29) is 18.3 Å². The van der Waals surface area contributed by atoms with Crippen molar-refractivity contribution in [3.8, 4) is 12.8 Å². The second-order valence-corrected chi connectivity index (χ2v) is 9.66. The van der Waals surface area contributed by atoms with Crippen LogP contribution in [0.15, 0.2) is 33.7 Å². The van der Waals surface area contributed by atoms with E-state index in [9.17, 15) is 9.59 Å². The molecule has 0 bridgehead atoms. The lowest BCUT2D eigenvalue weighted by Crippen LogP contribution is -2.37. The van der Waals surface area contributed by atoms with Crippen LogP contribution in [0.25, 0.3) is 11.0 Å². The molecular weight excluding hydrogens is 464 g/mol. The molecule has 0 spiro atoms. The Morgan fingerprint density at radius 2 is 1.83 bits per heavy atom. The number of aliphatic imine (C=N–C) groups is 1. The van der Waals surface area contributed by atoms with Crippen molar-refractivity contribution in [2.75, 3.05) is 18.7 Å². The number of aryl methyl sites for hydroxylation is 1. The van der Waals surface area contributed by atoms with E-state index >= 15 is 0 Å². The number of carbonyl (C=O) groups is 2. The summed E-state index contributed by atoms with van der Waals surface area (Å²) in [6, 6.07) is 7.34. The van der Waals surface area contributed by atoms with Crippen molar-refractivity contribution in [1.82, 2.24) is 10.2 Å². The standard InChI is InChI=1S/C20H28N4O4S.C4H10.C2H2/c1-13-10-14-11-15(6-7-16(14)27-13)22-18(21)23-17(25)8-9-29-12-24(5)19(26)28-20(2,3)4;1-3-4-2;1-2/h6-7,10-11H,8-9,12H2,1-5H3,(H3,21,22,23,25);3-4H2,1-2H3;1-2H. The van der Waals surface area contributed by atoms with E-state index in [1.165, 1.54) is 29.5 Å². The number of ether oxygens (including phenoxy) is 1.